The third kappa shape index (κ3) is 12.7. The number of carbonyl (C=O) groups is 2. The fraction of sp³-hybridized carbons (Fsp3) is 0.391. The highest BCUT2D eigenvalue weighted by Crippen LogP contribution is 2.15. The maximum atomic E-state index is 13.1. The molecular formula is C23H26F5NO5. The van der Waals surface area contributed by atoms with E-state index in [2.05, 4.69) is 5.32 Å². The molecule has 0 saturated carbocycles. The van der Waals surface area contributed by atoms with Crippen LogP contribution in [-0.4, -0.2) is 48.0 Å². The van der Waals surface area contributed by atoms with E-state index in [1.54, 1.807) is 6.07 Å². The molecule has 0 aliphatic heterocycles. The lowest BCUT2D eigenvalue weighted by molar-refractivity contribution is -0.192. The van der Waals surface area contributed by atoms with Crippen LogP contribution in [-0.2, 0) is 22.4 Å². The third-order valence-electron chi connectivity index (χ3n) is 4.36. The molecule has 2 aromatic carbocycles. The van der Waals surface area contributed by atoms with Crippen LogP contribution in [0.25, 0.3) is 0 Å². The van der Waals surface area contributed by atoms with Crippen molar-refractivity contribution in [2.75, 3.05) is 19.7 Å². The van der Waals surface area contributed by atoms with E-state index in [0.717, 1.165) is 43.2 Å². The zero-order chi connectivity index (χ0) is 25.6. The van der Waals surface area contributed by atoms with E-state index in [1.807, 2.05) is 24.3 Å². The first-order valence-electron chi connectivity index (χ1n) is 10.4. The first-order valence-corrected chi connectivity index (χ1v) is 10.4. The van der Waals surface area contributed by atoms with E-state index in [1.165, 1.54) is 11.6 Å². The Kier molecular flexibility index (Phi) is 12.6. The van der Waals surface area contributed by atoms with Crippen molar-refractivity contribution in [3.8, 4) is 5.75 Å². The Morgan fingerprint density at radius 3 is 2.00 bits per heavy atom. The van der Waals surface area contributed by atoms with E-state index < -0.39 is 29.7 Å². The second kappa shape index (κ2) is 14.8. The number of hydrogen-bond donors (Lipinski definition) is 3. The normalized spacial score (nSPS) is 10.9. The molecule has 2 aromatic rings. The van der Waals surface area contributed by atoms with Gasteiger partial charge in [0.1, 0.15) is 5.75 Å². The summed E-state index contributed by atoms with van der Waals surface area (Å²) in [6.45, 7) is 1.79. The Balaban J connectivity index is 0.000000718. The van der Waals surface area contributed by atoms with Gasteiger partial charge < -0.3 is 20.3 Å². The summed E-state index contributed by atoms with van der Waals surface area (Å²) in [6, 6.07) is 11.8. The predicted octanol–water partition coefficient (Wildman–Crippen LogP) is 4.61. The summed E-state index contributed by atoms with van der Waals surface area (Å²) in [7, 11) is 0. The zero-order valence-electron chi connectivity index (χ0n) is 18.2. The Morgan fingerprint density at radius 2 is 1.44 bits per heavy atom. The van der Waals surface area contributed by atoms with Crippen LogP contribution in [0, 0.1) is 11.6 Å². The number of hydrogen-bond acceptors (Lipinski definition) is 4. The van der Waals surface area contributed by atoms with Gasteiger partial charge in [-0.1, -0.05) is 18.2 Å². The number of rotatable bonds is 12. The highest BCUT2D eigenvalue weighted by molar-refractivity contribution is 5.73. The molecule has 2 rings (SSSR count). The number of ether oxygens (including phenoxy) is 1. The molecule has 0 fully saturated rings. The molecule has 0 heterocycles. The van der Waals surface area contributed by atoms with Crippen LogP contribution in [0.5, 0.6) is 5.75 Å². The van der Waals surface area contributed by atoms with Crippen molar-refractivity contribution in [2.45, 2.75) is 38.3 Å². The number of benzene rings is 2. The minimum Gasteiger partial charge on any atom is -0.494 e. The molecule has 0 aliphatic carbocycles. The molecule has 0 spiro atoms. The fourth-order valence-corrected chi connectivity index (χ4v) is 2.65. The van der Waals surface area contributed by atoms with Crippen LogP contribution in [0.2, 0.25) is 0 Å². The highest BCUT2D eigenvalue weighted by atomic mass is 19.4. The van der Waals surface area contributed by atoms with Gasteiger partial charge in [0.05, 0.1) is 13.0 Å². The lowest BCUT2D eigenvalue weighted by Crippen LogP contribution is -2.21. The first-order chi connectivity index (χ1) is 16.0. The molecule has 6 nitrogen and oxygen atoms in total. The molecule has 0 unspecified atom stereocenters. The van der Waals surface area contributed by atoms with Crippen molar-refractivity contribution in [3.05, 3.63) is 65.2 Å². The van der Waals surface area contributed by atoms with E-state index in [4.69, 9.17) is 19.7 Å². The van der Waals surface area contributed by atoms with Gasteiger partial charge in [-0.3, -0.25) is 4.79 Å². The maximum absolute atomic E-state index is 13.1. The highest BCUT2D eigenvalue weighted by Gasteiger charge is 2.38. The minimum atomic E-state index is -5.08. The van der Waals surface area contributed by atoms with Gasteiger partial charge >= 0.3 is 18.1 Å². The van der Waals surface area contributed by atoms with Gasteiger partial charge in [0, 0.05) is 6.54 Å². The van der Waals surface area contributed by atoms with E-state index in [0.29, 0.717) is 19.6 Å². The number of carboxylic acid groups (broad SMARTS) is 2. The second-order valence-corrected chi connectivity index (χ2v) is 7.14. The Bertz CT molecular complexity index is 904. The second-order valence-electron chi connectivity index (χ2n) is 7.14. The number of nitrogens with one attached hydrogen (secondary N) is 1. The molecule has 11 heteroatoms. The molecule has 0 radical (unpaired) electrons. The number of halogens is 5. The average molecular weight is 491 g/mol. The number of carboxylic acids is 2. The van der Waals surface area contributed by atoms with Crippen molar-refractivity contribution >= 4 is 11.9 Å². The lowest BCUT2D eigenvalue weighted by Gasteiger charge is -2.08. The molecule has 3 N–H and O–H groups in total. The van der Waals surface area contributed by atoms with E-state index in [-0.39, 0.29) is 6.42 Å². The quantitative estimate of drug-likeness (QED) is 0.297. The summed E-state index contributed by atoms with van der Waals surface area (Å²) in [4.78, 5) is 19.3. The monoisotopic (exact) mass is 491 g/mol. The molecule has 0 saturated heterocycles. The van der Waals surface area contributed by atoms with Gasteiger partial charge in [-0.2, -0.15) is 13.2 Å². The van der Waals surface area contributed by atoms with E-state index in [9.17, 15) is 26.7 Å². The lowest BCUT2D eigenvalue weighted by atomic mass is 10.1. The zero-order valence-corrected chi connectivity index (χ0v) is 18.2. The average Bonchev–Trinajstić information content (AvgIpc) is 2.76. The summed E-state index contributed by atoms with van der Waals surface area (Å²) >= 11 is 0. The minimum absolute atomic E-state index is 0.141. The van der Waals surface area contributed by atoms with Gasteiger partial charge in [-0.25, -0.2) is 13.6 Å². The molecule has 0 aromatic heterocycles. The van der Waals surface area contributed by atoms with Gasteiger partial charge in [-0.05, 0) is 67.6 Å². The third-order valence-corrected chi connectivity index (χ3v) is 4.36. The number of alkyl halides is 3. The molecule has 0 aliphatic rings. The summed E-state index contributed by atoms with van der Waals surface area (Å²) in [6.07, 6.45) is -1.74. The summed E-state index contributed by atoms with van der Waals surface area (Å²) < 4.78 is 63.4. The van der Waals surface area contributed by atoms with Crippen LogP contribution >= 0.6 is 0 Å². The van der Waals surface area contributed by atoms with Crippen molar-refractivity contribution in [1.82, 2.24) is 5.32 Å². The van der Waals surface area contributed by atoms with E-state index >= 15 is 0 Å². The van der Waals surface area contributed by atoms with Crippen molar-refractivity contribution in [2.24, 2.45) is 0 Å². The van der Waals surface area contributed by atoms with Crippen LogP contribution in [0.15, 0.2) is 42.5 Å². The number of aryl methyl sites for hydroxylation is 2. The fourth-order valence-electron chi connectivity index (χ4n) is 2.65. The predicted molar refractivity (Wildman–Crippen MR) is 114 cm³/mol. The van der Waals surface area contributed by atoms with Crippen LogP contribution in [0.3, 0.4) is 0 Å². The van der Waals surface area contributed by atoms with Crippen LogP contribution in [0.4, 0.5) is 22.0 Å². The Labute approximate surface area is 193 Å². The standard InChI is InChI=1S/C21H25F2NO3.C2HF3O2/c22-19-10-7-17(15-20(19)23)4-2-14-27-18-8-5-16(6-9-18)3-1-12-24-13-11-21(25)26;3-2(4,5)1(6)7/h5-10,15,24H,1-4,11-14H2,(H,25,26);(H,6,7). The molecule has 0 amide bonds. The van der Waals surface area contributed by atoms with Crippen molar-refractivity contribution in [3.63, 3.8) is 0 Å². The number of aliphatic carboxylic acids is 2. The van der Waals surface area contributed by atoms with Gasteiger partial charge in [0.25, 0.3) is 0 Å². The molecule has 0 bridgehead atoms. The Hall–Kier alpha value is -3.21. The summed E-state index contributed by atoms with van der Waals surface area (Å²) in [5.74, 6) is -4.41. The largest absolute Gasteiger partial charge is 0.494 e. The van der Waals surface area contributed by atoms with Crippen LogP contribution in [0.1, 0.15) is 30.4 Å². The maximum Gasteiger partial charge on any atom is 0.490 e. The van der Waals surface area contributed by atoms with Crippen LogP contribution < -0.4 is 10.1 Å². The molecule has 34 heavy (non-hydrogen) atoms. The van der Waals surface area contributed by atoms with Crippen molar-refractivity contribution < 1.29 is 46.5 Å². The summed E-state index contributed by atoms with van der Waals surface area (Å²) in [5.41, 5.74) is 1.95. The SMILES string of the molecule is O=C(O)C(F)(F)F.O=C(O)CCNCCCc1ccc(OCCCc2ccc(F)c(F)c2)cc1. The first kappa shape index (κ1) is 28.8. The molecular weight excluding hydrogens is 465 g/mol. The van der Waals surface area contributed by atoms with Gasteiger partial charge in [0.15, 0.2) is 11.6 Å². The topological polar surface area (TPSA) is 95.9 Å². The van der Waals surface area contributed by atoms with Gasteiger partial charge in [-0.15, -0.1) is 0 Å². The molecule has 0 atom stereocenters. The van der Waals surface area contributed by atoms with Crippen molar-refractivity contribution in [1.29, 1.82) is 0 Å². The molecule has 188 valence electrons. The smallest absolute Gasteiger partial charge is 0.490 e. The Morgan fingerprint density at radius 1 is 0.853 bits per heavy atom. The summed E-state index contributed by atoms with van der Waals surface area (Å²) in [5, 5.41) is 18.8. The van der Waals surface area contributed by atoms with Gasteiger partial charge in [0.2, 0.25) is 0 Å².